The van der Waals surface area contributed by atoms with E-state index in [-0.39, 0.29) is 5.69 Å². The number of fused-ring (bicyclic) bond motifs is 1. The van der Waals surface area contributed by atoms with E-state index in [1.54, 1.807) is 0 Å². The van der Waals surface area contributed by atoms with E-state index >= 15 is 0 Å². The number of aromatic carboxylic acids is 1. The number of imidazole rings is 1. The number of rotatable bonds is 3. The standard InChI is InChI=1S/C13H15N3O2/c1-15(2)9-5-6-16-10(7-9)11(13(17)18)14-12(16)8-3-4-8/h5-8H,3-4H2,1-2H3,(H,17,18). The number of hydrogen-bond donors (Lipinski definition) is 1. The molecule has 0 aliphatic heterocycles. The van der Waals surface area contributed by atoms with Gasteiger partial charge in [-0.05, 0) is 25.0 Å². The summed E-state index contributed by atoms with van der Waals surface area (Å²) in [4.78, 5) is 17.5. The Bertz CT molecular complexity index is 626. The maximum Gasteiger partial charge on any atom is 0.356 e. The zero-order valence-electron chi connectivity index (χ0n) is 10.4. The van der Waals surface area contributed by atoms with Gasteiger partial charge in [-0.2, -0.15) is 0 Å². The second kappa shape index (κ2) is 3.73. The predicted molar refractivity (Wildman–Crippen MR) is 68.5 cm³/mol. The summed E-state index contributed by atoms with van der Waals surface area (Å²) < 4.78 is 1.91. The van der Waals surface area contributed by atoms with Gasteiger partial charge in [-0.3, -0.25) is 0 Å². The van der Waals surface area contributed by atoms with Gasteiger partial charge in [0, 0.05) is 31.9 Å². The monoisotopic (exact) mass is 245 g/mol. The van der Waals surface area contributed by atoms with Crippen LogP contribution in [-0.4, -0.2) is 34.6 Å². The van der Waals surface area contributed by atoms with Gasteiger partial charge in [-0.25, -0.2) is 9.78 Å². The maximum absolute atomic E-state index is 11.3. The average molecular weight is 245 g/mol. The molecule has 18 heavy (non-hydrogen) atoms. The molecule has 3 rings (SSSR count). The number of hydrogen-bond acceptors (Lipinski definition) is 3. The minimum atomic E-state index is -0.963. The van der Waals surface area contributed by atoms with Gasteiger partial charge in [0.1, 0.15) is 5.82 Å². The molecule has 94 valence electrons. The summed E-state index contributed by atoms with van der Waals surface area (Å²) in [6.07, 6.45) is 4.12. The van der Waals surface area contributed by atoms with Crippen molar-refractivity contribution in [3.63, 3.8) is 0 Å². The van der Waals surface area contributed by atoms with Gasteiger partial charge < -0.3 is 14.4 Å². The maximum atomic E-state index is 11.3. The third kappa shape index (κ3) is 1.63. The van der Waals surface area contributed by atoms with Gasteiger partial charge in [-0.15, -0.1) is 0 Å². The van der Waals surface area contributed by atoms with Crippen molar-refractivity contribution in [1.29, 1.82) is 0 Å². The second-order valence-corrected chi connectivity index (χ2v) is 4.93. The lowest BCUT2D eigenvalue weighted by Gasteiger charge is -2.12. The highest BCUT2D eigenvalue weighted by Crippen LogP contribution is 2.40. The van der Waals surface area contributed by atoms with Crippen LogP contribution in [0, 0.1) is 0 Å². The van der Waals surface area contributed by atoms with Crippen LogP contribution in [0.5, 0.6) is 0 Å². The van der Waals surface area contributed by atoms with Crippen LogP contribution >= 0.6 is 0 Å². The van der Waals surface area contributed by atoms with Crippen molar-refractivity contribution in [2.75, 3.05) is 19.0 Å². The Balaban J connectivity index is 2.25. The fourth-order valence-electron chi connectivity index (χ4n) is 2.16. The molecule has 1 fully saturated rings. The Labute approximate surface area is 105 Å². The van der Waals surface area contributed by atoms with Crippen molar-refractivity contribution in [2.45, 2.75) is 18.8 Å². The lowest BCUT2D eigenvalue weighted by atomic mass is 10.3. The lowest BCUT2D eigenvalue weighted by Crippen LogP contribution is -2.09. The fraction of sp³-hybridized carbons (Fsp3) is 0.385. The smallest absolute Gasteiger partial charge is 0.356 e. The van der Waals surface area contributed by atoms with E-state index in [2.05, 4.69) is 4.98 Å². The van der Waals surface area contributed by atoms with Crippen LogP contribution in [-0.2, 0) is 0 Å². The van der Waals surface area contributed by atoms with Crippen molar-refractivity contribution >= 4 is 17.2 Å². The first kappa shape index (κ1) is 11.1. The number of carbonyl (C=O) groups is 1. The van der Waals surface area contributed by atoms with Crippen LogP contribution in [0.25, 0.3) is 5.52 Å². The predicted octanol–water partition coefficient (Wildman–Crippen LogP) is 1.98. The summed E-state index contributed by atoms with van der Waals surface area (Å²) >= 11 is 0. The van der Waals surface area contributed by atoms with Gasteiger partial charge in [-0.1, -0.05) is 0 Å². The average Bonchev–Trinajstić information content (AvgIpc) is 3.09. The summed E-state index contributed by atoms with van der Waals surface area (Å²) in [5, 5.41) is 9.24. The Morgan fingerprint density at radius 2 is 2.22 bits per heavy atom. The first-order valence-electron chi connectivity index (χ1n) is 6.00. The third-order valence-corrected chi connectivity index (χ3v) is 3.32. The van der Waals surface area contributed by atoms with Crippen molar-refractivity contribution in [3.8, 4) is 0 Å². The lowest BCUT2D eigenvalue weighted by molar-refractivity contribution is 0.0693. The van der Waals surface area contributed by atoms with E-state index in [1.165, 1.54) is 0 Å². The molecule has 5 nitrogen and oxygen atoms in total. The number of aromatic nitrogens is 2. The molecule has 2 aromatic heterocycles. The molecule has 2 heterocycles. The van der Waals surface area contributed by atoms with Gasteiger partial charge >= 0.3 is 5.97 Å². The molecule has 1 aliphatic rings. The largest absolute Gasteiger partial charge is 0.476 e. The molecule has 1 aliphatic carbocycles. The van der Waals surface area contributed by atoms with E-state index in [1.807, 2.05) is 41.7 Å². The molecule has 1 N–H and O–H groups in total. The van der Waals surface area contributed by atoms with Crippen molar-refractivity contribution in [1.82, 2.24) is 9.38 Å². The molecule has 0 radical (unpaired) electrons. The topological polar surface area (TPSA) is 57.8 Å². The van der Waals surface area contributed by atoms with Crippen LogP contribution in [0.3, 0.4) is 0 Å². The second-order valence-electron chi connectivity index (χ2n) is 4.93. The van der Waals surface area contributed by atoms with Crippen molar-refractivity contribution < 1.29 is 9.90 Å². The Morgan fingerprint density at radius 3 is 2.78 bits per heavy atom. The quantitative estimate of drug-likeness (QED) is 0.898. The minimum absolute atomic E-state index is 0.153. The zero-order valence-corrected chi connectivity index (χ0v) is 10.4. The Kier molecular flexibility index (Phi) is 2.29. The molecule has 0 atom stereocenters. The highest BCUT2D eigenvalue weighted by atomic mass is 16.4. The van der Waals surface area contributed by atoms with E-state index in [4.69, 9.17) is 0 Å². The normalized spacial score (nSPS) is 15.0. The van der Waals surface area contributed by atoms with Gasteiger partial charge in [0.15, 0.2) is 5.69 Å². The fourth-order valence-corrected chi connectivity index (χ4v) is 2.16. The van der Waals surface area contributed by atoms with Crippen LogP contribution in [0.1, 0.15) is 35.1 Å². The van der Waals surface area contributed by atoms with Gasteiger partial charge in [0.05, 0.1) is 5.52 Å². The molecule has 0 aromatic carbocycles. The first-order chi connectivity index (χ1) is 8.58. The van der Waals surface area contributed by atoms with E-state index in [9.17, 15) is 9.90 Å². The molecule has 1 saturated carbocycles. The number of carboxylic acids is 1. The van der Waals surface area contributed by atoms with E-state index in [0.29, 0.717) is 11.4 Å². The number of anilines is 1. The SMILES string of the molecule is CN(C)c1ccn2c(C3CC3)nc(C(=O)O)c2c1. The Hall–Kier alpha value is -2.04. The Morgan fingerprint density at radius 1 is 1.50 bits per heavy atom. The molecule has 0 bridgehead atoms. The van der Waals surface area contributed by atoms with Crippen LogP contribution < -0.4 is 4.90 Å². The molecule has 2 aromatic rings. The molecule has 0 spiro atoms. The summed E-state index contributed by atoms with van der Waals surface area (Å²) in [5.74, 6) is 0.346. The van der Waals surface area contributed by atoms with E-state index < -0.39 is 5.97 Å². The number of pyridine rings is 1. The summed E-state index contributed by atoms with van der Waals surface area (Å²) in [5.41, 5.74) is 1.81. The van der Waals surface area contributed by atoms with Crippen molar-refractivity contribution in [2.24, 2.45) is 0 Å². The molecule has 5 heteroatoms. The zero-order chi connectivity index (χ0) is 12.9. The summed E-state index contributed by atoms with van der Waals surface area (Å²) in [6, 6.07) is 3.86. The minimum Gasteiger partial charge on any atom is -0.476 e. The van der Waals surface area contributed by atoms with Crippen LogP contribution in [0.4, 0.5) is 5.69 Å². The molecule has 0 amide bonds. The molecular weight excluding hydrogens is 230 g/mol. The number of nitrogens with zero attached hydrogens (tertiary/aromatic N) is 3. The van der Waals surface area contributed by atoms with Crippen LogP contribution in [0.15, 0.2) is 18.3 Å². The van der Waals surface area contributed by atoms with Crippen LogP contribution in [0.2, 0.25) is 0 Å². The summed E-state index contributed by atoms with van der Waals surface area (Å²) in [7, 11) is 3.87. The van der Waals surface area contributed by atoms with Crippen molar-refractivity contribution in [3.05, 3.63) is 29.8 Å². The highest BCUT2D eigenvalue weighted by Gasteiger charge is 2.30. The highest BCUT2D eigenvalue weighted by molar-refractivity contribution is 5.94. The number of carboxylic acid groups (broad SMARTS) is 1. The third-order valence-electron chi connectivity index (χ3n) is 3.32. The summed E-state index contributed by atoms with van der Waals surface area (Å²) in [6.45, 7) is 0. The van der Waals surface area contributed by atoms with E-state index in [0.717, 1.165) is 24.4 Å². The molecular formula is C13H15N3O2. The van der Waals surface area contributed by atoms with Gasteiger partial charge in [0.25, 0.3) is 0 Å². The van der Waals surface area contributed by atoms with Gasteiger partial charge in [0.2, 0.25) is 0 Å². The molecule has 0 unspecified atom stereocenters. The molecule has 0 saturated heterocycles. The first-order valence-corrected chi connectivity index (χ1v) is 6.00.